The van der Waals surface area contributed by atoms with E-state index in [4.69, 9.17) is 4.74 Å². The maximum absolute atomic E-state index is 13.1. The first kappa shape index (κ1) is 19.0. The SMILES string of the molecule is CC(CC1CC1)Oc1ccc(C(F)(F)F)cc1C(=O)Nc1cc[nH]c(=O)c1. The quantitative estimate of drug-likeness (QED) is 0.789. The van der Waals surface area contributed by atoms with Crippen molar-refractivity contribution < 1.29 is 22.7 Å². The molecule has 0 radical (unpaired) electrons. The molecule has 1 fully saturated rings. The number of carbonyl (C=O) groups excluding carboxylic acids is 1. The summed E-state index contributed by atoms with van der Waals surface area (Å²) < 4.78 is 45.0. The van der Waals surface area contributed by atoms with Crippen LogP contribution in [-0.2, 0) is 6.18 Å². The number of hydrogen-bond acceptors (Lipinski definition) is 3. The third kappa shape index (κ3) is 5.12. The highest BCUT2D eigenvalue weighted by Crippen LogP contribution is 2.36. The molecule has 0 bridgehead atoms. The van der Waals surface area contributed by atoms with E-state index in [0.717, 1.165) is 37.5 Å². The number of benzene rings is 1. The smallest absolute Gasteiger partial charge is 0.416 e. The Hall–Kier alpha value is -2.77. The van der Waals surface area contributed by atoms with Crippen LogP contribution < -0.4 is 15.6 Å². The minimum atomic E-state index is -4.59. The molecule has 5 nitrogen and oxygen atoms in total. The number of halogens is 3. The number of nitrogens with one attached hydrogen (secondary N) is 2. The predicted molar refractivity (Wildman–Crippen MR) is 93.9 cm³/mol. The molecular formula is C19H19F3N2O3. The summed E-state index contributed by atoms with van der Waals surface area (Å²) in [6, 6.07) is 5.40. The molecule has 1 aliphatic rings. The molecule has 0 spiro atoms. The maximum Gasteiger partial charge on any atom is 0.416 e. The number of amides is 1. The fourth-order valence-electron chi connectivity index (χ4n) is 2.80. The lowest BCUT2D eigenvalue weighted by molar-refractivity contribution is -0.137. The van der Waals surface area contributed by atoms with Crippen molar-refractivity contribution in [1.82, 2.24) is 4.98 Å². The molecular weight excluding hydrogens is 361 g/mol. The van der Waals surface area contributed by atoms with Crippen molar-refractivity contribution in [3.63, 3.8) is 0 Å². The fraction of sp³-hybridized carbons (Fsp3) is 0.368. The van der Waals surface area contributed by atoms with Crippen molar-refractivity contribution in [2.45, 2.75) is 38.5 Å². The van der Waals surface area contributed by atoms with Gasteiger partial charge in [-0.3, -0.25) is 9.59 Å². The van der Waals surface area contributed by atoms with Crippen LogP contribution in [-0.4, -0.2) is 17.0 Å². The highest BCUT2D eigenvalue weighted by Gasteiger charge is 2.32. The van der Waals surface area contributed by atoms with E-state index in [9.17, 15) is 22.8 Å². The van der Waals surface area contributed by atoms with Crippen LogP contribution in [0.4, 0.5) is 18.9 Å². The summed E-state index contributed by atoms with van der Waals surface area (Å²) in [6.07, 6.45) is -0.444. The van der Waals surface area contributed by atoms with E-state index in [-0.39, 0.29) is 23.1 Å². The summed E-state index contributed by atoms with van der Waals surface area (Å²) in [5, 5.41) is 2.44. The predicted octanol–water partition coefficient (Wildman–Crippen LogP) is 4.21. The van der Waals surface area contributed by atoms with Gasteiger partial charge in [-0.2, -0.15) is 13.2 Å². The maximum atomic E-state index is 13.1. The first-order valence-electron chi connectivity index (χ1n) is 8.60. The molecule has 1 heterocycles. The van der Waals surface area contributed by atoms with Gasteiger partial charge in [-0.15, -0.1) is 0 Å². The Morgan fingerprint density at radius 3 is 2.67 bits per heavy atom. The number of carbonyl (C=O) groups is 1. The van der Waals surface area contributed by atoms with Gasteiger partial charge in [-0.1, -0.05) is 12.8 Å². The Balaban J connectivity index is 1.88. The standard InChI is InChI=1S/C19H19F3N2O3/c1-11(8-12-2-3-12)27-16-5-4-13(19(20,21)22)9-15(16)18(26)24-14-6-7-23-17(25)10-14/h4-7,9-12H,2-3,8H2,1H3,(H2,23,24,25,26). The number of ether oxygens (including phenoxy) is 1. The van der Waals surface area contributed by atoms with E-state index >= 15 is 0 Å². The van der Waals surface area contributed by atoms with Crippen LogP contribution in [0.3, 0.4) is 0 Å². The van der Waals surface area contributed by atoms with Gasteiger partial charge in [0.2, 0.25) is 5.56 Å². The summed E-state index contributed by atoms with van der Waals surface area (Å²) in [4.78, 5) is 26.3. The molecule has 1 aromatic carbocycles. The highest BCUT2D eigenvalue weighted by atomic mass is 19.4. The number of aromatic nitrogens is 1. The van der Waals surface area contributed by atoms with Crippen LogP contribution in [0.5, 0.6) is 5.75 Å². The molecule has 2 aromatic rings. The van der Waals surface area contributed by atoms with E-state index in [1.54, 1.807) is 0 Å². The van der Waals surface area contributed by atoms with E-state index in [2.05, 4.69) is 10.3 Å². The Kier molecular flexibility index (Phi) is 5.25. The van der Waals surface area contributed by atoms with Gasteiger partial charge < -0.3 is 15.0 Å². The molecule has 3 rings (SSSR count). The van der Waals surface area contributed by atoms with Gasteiger partial charge in [-0.05, 0) is 43.5 Å². The van der Waals surface area contributed by atoms with E-state index in [1.807, 2.05) is 6.92 Å². The normalized spacial score (nSPS) is 15.3. The second kappa shape index (κ2) is 7.46. The molecule has 1 aromatic heterocycles. The van der Waals surface area contributed by atoms with Gasteiger partial charge >= 0.3 is 6.18 Å². The molecule has 1 atom stereocenters. The topological polar surface area (TPSA) is 71.2 Å². The van der Waals surface area contributed by atoms with Crippen LogP contribution >= 0.6 is 0 Å². The van der Waals surface area contributed by atoms with Crippen LogP contribution in [0, 0.1) is 5.92 Å². The second-order valence-corrected chi connectivity index (χ2v) is 6.71. The van der Waals surface area contributed by atoms with E-state index in [1.165, 1.54) is 18.3 Å². The number of pyridine rings is 1. The molecule has 0 saturated heterocycles. The summed E-state index contributed by atoms with van der Waals surface area (Å²) in [5.74, 6) is -0.124. The summed E-state index contributed by atoms with van der Waals surface area (Å²) in [7, 11) is 0. The lowest BCUT2D eigenvalue weighted by atomic mass is 10.1. The second-order valence-electron chi connectivity index (χ2n) is 6.71. The number of hydrogen-bond donors (Lipinski definition) is 2. The van der Waals surface area contributed by atoms with Gasteiger partial charge in [0.25, 0.3) is 5.91 Å². The van der Waals surface area contributed by atoms with E-state index in [0.29, 0.717) is 5.92 Å². The molecule has 1 amide bonds. The number of rotatable bonds is 6. The minimum Gasteiger partial charge on any atom is -0.490 e. The van der Waals surface area contributed by atoms with Gasteiger partial charge in [0, 0.05) is 18.0 Å². The molecule has 1 saturated carbocycles. The Labute approximate surface area is 153 Å². The molecule has 1 unspecified atom stereocenters. The molecule has 0 aliphatic heterocycles. The van der Waals surface area contributed by atoms with Crippen LogP contribution in [0.1, 0.15) is 42.1 Å². The molecule has 1 aliphatic carbocycles. The Morgan fingerprint density at radius 2 is 2.04 bits per heavy atom. The van der Waals surface area contributed by atoms with Crippen molar-refractivity contribution in [3.8, 4) is 5.75 Å². The zero-order valence-corrected chi connectivity index (χ0v) is 14.6. The van der Waals surface area contributed by atoms with E-state index < -0.39 is 23.2 Å². The Bertz CT molecular complexity index is 888. The average Bonchev–Trinajstić information content (AvgIpc) is 3.38. The summed E-state index contributed by atoms with van der Waals surface area (Å²) in [5.41, 5.74) is -1.43. The minimum absolute atomic E-state index is 0.0819. The van der Waals surface area contributed by atoms with Crippen molar-refractivity contribution in [2.24, 2.45) is 5.92 Å². The molecule has 8 heteroatoms. The first-order chi connectivity index (χ1) is 12.7. The third-order valence-electron chi connectivity index (χ3n) is 4.27. The van der Waals surface area contributed by atoms with Crippen molar-refractivity contribution in [2.75, 3.05) is 5.32 Å². The van der Waals surface area contributed by atoms with Crippen molar-refractivity contribution in [3.05, 3.63) is 58.0 Å². The number of alkyl halides is 3. The van der Waals surface area contributed by atoms with Crippen LogP contribution in [0.2, 0.25) is 0 Å². The molecule has 27 heavy (non-hydrogen) atoms. The average molecular weight is 380 g/mol. The highest BCUT2D eigenvalue weighted by molar-refractivity contribution is 6.06. The van der Waals surface area contributed by atoms with Crippen molar-refractivity contribution in [1.29, 1.82) is 0 Å². The third-order valence-corrected chi connectivity index (χ3v) is 4.27. The van der Waals surface area contributed by atoms with Gasteiger partial charge in [0.15, 0.2) is 0 Å². The van der Waals surface area contributed by atoms with Crippen LogP contribution in [0.15, 0.2) is 41.3 Å². The summed E-state index contributed by atoms with van der Waals surface area (Å²) >= 11 is 0. The first-order valence-corrected chi connectivity index (χ1v) is 8.60. The zero-order valence-electron chi connectivity index (χ0n) is 14.6. The van der Waals surface area contributed by atoms with Crippen molar-refractivity contribution >= 4 is 11.6 Å². The number of anilines is 1. The molecule has 2 N–H and O–H groups in total. The number of H-pyrrole nitrogens is 1. The lowest BCUT2D eigenvalue weighted by Gasteiger charge is -2.18. The monoisotopic (exact) mass is 380 g/mol. The van der Waals surface area contributed by atoms with Gasteiger partial charge in [-0.25, -0.2) is 0 Å². The zero-order chi connectivity index (χ0) is 19.6. The largest absolute Gasteiger partial charge is 0.490 e. The Morgan fingerprint density at radius 1 is 1.30 bits per heavy atom. The fourth-order valence-corrected chi connectivity index (χ4v) is 2.80. The van der Waals surface area contributed by atoms with Crippen LogP contribution in [0.25, 0.3) is 0 Å². The number of aromatic amines is 1. The van der Waals surface area contributed by atoms with Gasteiger partial charge in [0.05, 0.1) is 17.2 Å². The van der Waals surface area contributed by atoms with Gasteiger partial charge in [0.1, 0.15) is 5.75 Å². The lowest BCUT2D eigenvalue weighted by Crippen LogP contribution is -2.19. The summed E-state index contributed by atoms with van der Waals surface area (Å²) in [6.45, 7) is 1.83. The molecule has 144 valence electrons.